The number of para-hydroxylation sites is 1. The van der Waals surface area contributed by atoms with Crippen LogP contribution in [0.1, 0.15) is 17.5 Å². The van der Waals surface area contributed by atoms with Crippen LogP contribution in [0.2, 0.25) is 0 Å². The van der Waals surface area contributed by atoms with E-state index in [-0.39, 0.29) is 6.04 Å². The van der Waals surface area contributed by atoms with Crippen LogP contribution in [0, 0.1) is 0 Å². The van der Waals surface area contributed by atoms with Crippen molar-refractivity contribution in [1.82, 2.24) is 4.67 Å². The zero-order chi connectivity index (χ0) is 18.5. The predicted octanol–water partition coefficient (Wildman–Crippen LogP) is 4.60. The highest BCUT2D eigenvalue weighted by atomic mass is 31.2. The van der Waals surface area contributed by atoms with Crippen LogP contribution < -0.4 is 9.56 Å². The van der Waals surface area contributed by atoms with E-state index < -0.39 is 8.45 Å². The Morgan fingerprint density at radius 3 is 1.96 bits per heavy atom. The first kappa shape index (κ1) is 18.2. The number of benzene rings is 3. The molecule has 0 saturated carbocycles. The second-order valence-corrected chi connectivity index (χ2v) is 8.43. The van der Waals surface area contributed by atoms with Crippen molar-refractivity contribution in [3.05, 3.63) is 102 Å². The van der Waals surface area contributed by atoms with Gasteiger partial charge >= 0.3 is 0 Å². The second kappa shape index (κ2) is 8.67. The van der Waals surface area contributed by atoms with Crippen molar-refractivity contribution < 1.29 is 4.89 Å². The molecule has 1 aliphatic heterocycles. The third kappa shape index (κ3) is 4.39. The Bertz CT molecular complexity index is 829. The van der Waals surface area contributed by atoms with Crippen LogP contribution >= 0.6 is 8.45 Å². The lowest BCUT2D eigenvalue weighted by Gasteiger charge is -2.37. The van der Waals surface area contributed by atoms with E-state index >= 15 is 0 Å². The Morgan fingerprint density at radius 2 is 1.33 bits per heavy atom. The first-order chi connectivity index (χ1) is 13.3. The van der Waals surface area contributed by atoms with E-state index in [0.717, 1.165) is 31.6 Å². The highest BCUT2D eigenvalue weighted by molar-refractivity contribution is 7.49. The molecule has 1 aliphatic rings. The average molecular weight is 375 g/mol. The minimum absolute atomic E-state index is 0.272. The van der Waals surface area contributed by atoms with E-state index in [9.17, 15) is 4.89 Å². The standard InChI is InChI=1S/C23H24N2OP/c26-27-24(18-21-12-6-2-7-13-21)23(17-16-20-10-4-1-5-11-20)19-25(27)22-14-8-3-9-15-22/h1-15,23H,16-19H2/q-1/t23-,27?/m0/s1. The van der Waals surface area contributed by atoms with E-state index in [4.69, 9.17) is 0 Å². The summed E-state index contributed by atoms with van der Waals surface area (Å²) < 4.78 is 4.24. The van der Waals surface area contributed by atoms with Gasteiger partial charge in [-0.05, 0) is 44.6 Å². The zero-order valence-electron chi connectivity index (χ0n) is 15.3. The Labute approximate surface area is 162 Å². The fraction of sp³-hybridized carbons (Fsp3) is 0.217. The quantitative estimate of drug-likeness (QED) is 0.590. The van der Waals surface area contributed by atoms with Gasteiger partial charge in [-0.1, -0.05) is 78.9 Å². The monoisotopic (exact) mass is 375 g/mol. The van der Waals surface area contributed by atoms with Crippen molar-refractivity contribution in [3.63, 3.8) is 0 Å². The molecular formula is C23H24N2OP-. The number of anilines is 1. The van der Waals surface area contributed by atoms with Crippen LogP contribution in [-0.2, 0) is 13.0 Å². The van der Waals surface area contributed by atoms with Gasteiger partial charge in [0.1, 0.15) is 0 Å². The number of rotatable bonds is 6. The molecule has 3 nitrogen and oxygen atoms in total. The highest BCUT2D eigenvalue weighted by Gasteiger charge is 2.33. The summed E-state index contributed by atoms with van der Waals surface area (Å²) >= 11 is 0. The second-order valence-electron chi connectivity index (χ2n) is 6.93. The fourth-order valence-electron chi connectivity index (χ4n) is 3.62. The molecule has 3 aromatic rings. The number of hydrogen-bond acceptors (Lipinski definition) is 3. The maximum absolute atomic E-state index is 13.3. The van der Waals surface area contributed by atoms with E-state index in [2.05, 4.69) is 51.8 Å². The maximum Gasteiger partial charge on any atom is 0.0399 e. The van der Waals surface area contributed by atoms with Crippen LogP contribution in [0.3, 0.4) is 0 Å². The van der Waals surface area contributed by atoms with Gasteiger partial charge in [-0.15, -0.1) is 0 Å². The molecule has 0 spiro atoms. The SMILES string of the molecule is [O-]P1N(c2ccccc2)C[C@H](CCc2ccccc2)N1Cc1ccccc1. The van der Waals surface area contributed by atoms with Gasteiger partial charge in [0.25, 0.3) is 0 Å². The summed E-state index contributed by atoms with van der Waals surface area (Å²) in [5.74, 6) is 0. The summed E-state index contributed by atoms with van der Waals surface area (Å²) in [7, 11) is -1.59. The van der Waals surface area contributed by atoms with Gasteiger partial charge in [0, 0.05) is 24.8 Å². The number of aryl methyl sites for hydroxylation is 1. The molecule has 2 atom stereocenters. The summed E-state index contributed by atoms with van der Waals surface area (Å²) in [5.41, 5.74) is 3.59. The summed E-state index contributed by atoms with van der Waals surface area (Å²) in [4.78, 5) is 13.3. The molecule has 27 heavy (non-hydrogen) atoms. The first-order valence-corrected chi connectivity index (χ1v) is 10.6. The summed E-state index contributed by atoms with van der Waals surface area (Å²) in [6, 6.07) is 31.3. The molecule has 4 heteroatoms. The summed E-state index contributed by atoms with van der Waals surface area (Å²) in [5, 5.41) is 0. The zero-order valence-corrected chi connectivity index (χ0v) is 16.2. The van der Waals surface area contributed by atoms with Crippen molar-refractivity contribution in [2.45, 2.75) is 25.4 Å². The lowest BCUT2D eigenvalue weighted by molar-refractivity contribution is -0.170. The van der Waals surface area contributed by atoms with Crippen LogP contribution in [0.4, 0.5) is 5.69 Å². The molecule has 1 saturated heterocycles. The smallest absolute Gasteiger partial charge is 0.0399 e. The summed E-state index contributed by atoms with van der Waals surface area (Å²) in [6.45, 7) is 1.53. The normalized spacial score (nSPS) is 20.1. The molecule has 1 fully saturated rings. The Balaban J connectivity index is 1.53. The van der Waals surface area contributed by atoms with Gasteiger partial charge in [0.2, 0.25) is 0 Å². The lowest BCUT2D eigenvalue weighted by Crippen LogP contribution is -2.29. The van der Waals surface area contributed by atoms with Crippen LogP contribution in [0.15, 0.2) is 91.0 Å². The molecular weight excluding hydrogens is 351 g/mol. The molecule has 3 aromatic carbocycles. The van der Waals surface area contributed by atoms with E-state index in [1.807, 2.05) is 48.5 Å². The Hall–Kier alpha value is -2.19. The molecule has 0 aliphatic carbocycles. The van der Waals surface area contributed by atoms with Crippen molar-refractivity contribution in [2.24, 2.45) is 0 Å². The third-order valence-corrected chi connectivity index (χ3v) is 6.80. The predicted molar refractivity (Wildman–Crippen MR) is 111 cm³/mol. The molecule has 0 bridgehead atoms. The van der Waals surface area contributed by atoms with Gasteiger partial charge in [-0.3, -0.25) is 4.67 Å². The molecule has 138 valence electrons. The summed E-state index contributed by atoms with van der Waals surface area (Å²) in [6.07, 6.45) is 2.00. The molecule has 0 N–H and O–H groups in total. The van der Waals surface area contributed by atoms with Crippen molar-refractivity contribution in [2.75, 3.05) is 11.2 Å². The van der Waals surface area contributed by atoms with Crippen LogP contribution in [0.25, 0.3) is 0 Å². The molecule has 0 radical (unpaired) electrons. The minimum atomic E-state index is -1.59. The van der Waals surface area contributed by atoms with Crippen molar-refractivity contribution in [1.29, 1.82) is 0 Å². The molecule has 4 rings (SSSR count). The van der Waals surface area contributed by atoms with Crippen LogP contribution in [0.5, 0.6) is 0 Å². The number of nitrogens with zero attached hydrogens (tertiary/aromatic N) is 2. The largest absolute Gasteiger partial charge is 0.801 e. The molecule has 0 aromatic heterocycles. The topological polar surface area (TPSA) is 29.5 Å². The highest BCUT2D eigenvalue weighted by Crippen LogP contribution is 2.48. The minimum Gasteiger partial charge on any atom is -0.801 e. The van der Waals surface area contributed by atoms with Crippen LogP contribution in [-0.4, -0.2) is 17.3 Å². The van der Waals surface area contributed by atoms with E-state index in [0.29, 0.717) is 0 Å². The van der Waals surface area contributed by atoms with Gasteiger partial charge in [-0.2, -0.15) is 0 Å². The van der Waals surface area contributed by atoms with E-state index in [1.54, 1.807) is 0 Å². The fourth-order valence-corrected chi connectivity index (χ4v) is 5.31. The third-order valence-electron chi connectivity index (χ3n) is 5.08. The lowest BCUT2D eigenvalue weighted by atomic mass is 10.0. The maximum atomic E-state index is 13.3. The van der Waals surface area contributed by atoms with Gasteiger partial charge in [-0.25, -0.2) is 0 Å². The van der Waals surface area contributed by atoms with E-state index in [1.165, 1.54) is 11.1 Å². The van der Waals surface area contributed by atoms with Crippen molar-refractivity contribution in [3.8, 4) is 0 Å². The number of hydrogen-bond donors (Lipinski definition) is 0. The van der Waals surface area contributed by atoms with Gasteiger partial charge < -0.3 is 9.56 Å². The Morgan fingerprint density at radius 1 is 0.778 bits per heavy atom. The molecule has 1 heterocycles. The molecule has 0 amide bonds. The van der Waals surface area contributed by atoms with Gasteiger partial charge in [0.05, 0.1) is 0 Å². The van der Waals surface area contributed by atoms with Crippen molar-refractivity contribution >= 4 is 14.1 Å². The first-order valence-electron chi connectivity index (χ1n) is 9.45. The molecule has 1 unspecified atom stereocenters. The van der Waals surface area contributed by atoms with Gasteiger partial charge in [0.15, 0.2) is 0 Å². The Kier molecular flexibility index (Phi) is 5.84. The average Bonchev–Trinajstić information content (AvgIpc) is 3.04.